The van der Waals surface area contributed by atoms with Gasteiger partial charge in [0.2, 0.25) is 0 Å². The number of hydrogen-bond donors (Lipinski definition) is 0. The molecular formula is C16H29NO4Si. The summed E-state index contributed by atoms with van der Waals surface area (Å²) >= 11 is 0. The van der Waals surface area contributed by atoms with Crippen molar-refractivity contribution in [2.24, 2.45) is 5.92 Å². The molecule has 22 heavy (non-hydrogen) atoms. The van der Waals surface area contributed by atoms with Crippen molar-refractivity contribution in [2.75, 3.05) is 0 Å². The van der Waals surface area contributed by atoms with Crippen LogP contribution in [0, 0.1) is 5.92 Å². The molecule has 1 rings (SSSR count). The van der Waals surface area contributed by atoms with Crippen LogP contribution in [0.25, 0.3) is 0 Å². The molecule has 1 aliphatic rings. The molecule has 0 fully saturated rings. The summed E-state index contributed by atoms with van der Waals surface area (Å²) in [7, 11) is -1.81. The molecule has 0 radical (unpaired) electrons. The quantitative estimate of drug-likeness (QED) is 0.741. The third-order valence-corrected chi connectivity index (χ3v) is 4.02. The van der Waals surface area contributed by atoms with Crippen molar-refractivity contribution in [3.63, 3.8) is 0 Å². The fourth-order valence-corrected chi connectivity index (χ4v) is 3.51. The number of hydrogen-bond acceptors (Lipinski definition) is 4. The van der Waals surface area contributed by atoms with Gasteiger partial charge in [-0.15, -0.1) is 0 Å². The van der Waals surface area contributed by atoms with Crippen LogP contribution in [0.15, 0.2) is 12.2 Å². The standard InChI is InChI=1S/C16H29NO4Si/c1-11(2)14(21-22(6,7)8)12-9-10-13(18)17(12)15(19)20-16(3,4)5/h9-12,14H,1-8H3/t12-,14+/m1/s1. The van der Waals surface area contributed by atoms with Crippen molar-refractivity contribution in [1.82, 2.24) is 4.90 Å². The first kappa shape index (κ1) is 18.9. The van der Waals surface area contributed by atoms with Crippen molar-refractivity contribution in [1.29, 1.82) is 0 Å². The van der Waals surface area contributed by atoms with E-state index < -0.39 is 26.1 Å². The topological polar surface area (TPSA) is 55.8 Å². The highest BCUT2D eigenvalue weighted by Gasteiger charge is 2.42. The molecule has 0 unspecified atom stereocenters. The minimum absolute atomic E-state index is 0.178. The van der Waals surface area contributed by atoms with Crippen LogP contribution in [-0.2, 0) is 14.0 Å². The summed E-state index contributed by atoms with van der Waals surface area (Å²) in [6, 6.07) is -0.408. The van der Waals surface area contributed by atoms with Gasteiger partial charge in [0.05, 0.1) is 12.1 Å². The maximum Gasteiger partial charge on any atom is 0.417 e. The minimum Gasteiger partial charge on any atom is -0.443 e. The molecule has 1 aliphatic heterocycles. The molecule has 2 atom stereocenters. The van der Waals surface area contributed by atoms with Gasteiger partial charge >= 0.3 is 6.09 Å². The minimum atomic E-state index is -1.81. The van der Waals surface area contributed by atoms with Crippen LogP contribution >= 0.6 is 0 Å². The second-order valence-corrected chi connectivity index (χ2v) is 12.4. The van der Waals surface area contributed by atoms with Crippen molar-refractivity contribution < 1.29 is 18.8 Å². The van der Waals surface area contributed by atoms with Gasteiger partial charge in [-0.2, -0.15) is 0 Å². The summed E-state index contributed by atoms with van der Waals surface area (Å²) in [5.41, 5.74) is -0.641. The van der Waals surface area contributed by atoms with E-state index in [1.54, 1.807) is 26.8 Å². The summed E-state index contributed by atoms with van der Waals surface area (Å²) in [6.07, 6.45) is 2.34. The zero-order chi connectivity index (χ0) is 17.3. The van der Waals surface area contributed by atoms with Crippen molar-refractivity contribution >= 4 is 20.3 Å². The molecule has 1 heterocycles. The number of rotatable bonds is 4. The van der Waals surface area contributed by atoms with Gasteiger partial charge in [-0.25, -0.2) is 9.69 Å². The van der Waals surface area contributed by atoms with Crippen LogP contribution in [0.4, 0.5) is 4.79 Å². The summed E-state index contributed by atoms with van der Waals surface area (Å²) < 4.78 is 11.6. The van der Waals surface area contributed by atoms with Gasteiger partial charge < -0.3 is 9.16 Å². The average molecular weight is 327 g/mol. The van der Waals surface area contributed by atoms with Gasteiger partial charge in [0.1, 0.15) is 5.60 Å². The summed E-state index contributed by atoms with van der Waals surface area (Å²) in [5, 5.41) is 0. The Morgan fingerprint density at radius 1 is 1.27 bits per heavy atom. The second-order valence-electron chi connectivity index (χ2n) is 7.98. The first-order valence-corrected chi connectivity index (χ1v) is 11.1. The fourth-order valence-electron chi connectivity index (χ4n) is 2.28. The number of ether oxygens (including phenoxy) is 1. The smallest absolute Gasteiger partial charge is 0.417 e. The monoisotopic (exact) mass is 327 g/mol. The average Bonchev–Trinajstić information content (AvgIpc) is 2.64. The van der Waals surface area contributed by atoms with Crippen molar-refractivity contribution in [2.45, 2.75) is 72.0 Å². The summed E-state index contributed by atoms with van der Waals surface area (Å²) in [4.78, 5) is 25.6. The second kappa shape index (κ2) is 6.54. The molecule has 0 bridgehead atoms. The lowest BCUT2D eigenvalue weighted by Crippen LogP contribution is -2.52. The molecule has 0 aromatic carbocycles. The third kappa shape index (κ3) is 5.25. The predicted octanol–water partition coefficient (Wildman–Crippen LogP) is 3.56. The predicted molar refractivity (Wildman–Crippen MR) is 89.1 cm³/mol. The Hall–Kier alpha value is -1.14. The molecule has 0 spiro atoms. The number of carbonyl (C=O) groups excluding carboxylic acids is 2. The Bertz CT molecular complexity index is 460. The first-order chi connectivity index (χ1) is 9.82. The highest BCUT2D eigenvalue weighted by molar-refractivity contribution is 6.69. The first-order valence-electron chi connectivity index (χ1n) is 7.74. The van der Waals surface area contributed by atoms with E-state index in [1.807, 2.05) is 13.8 Å². The van der Waals surface area contributed by atoms with E-state index in [-0.39, 0.29) is 17.9 Å². The van der Waals surface area contributed by atoms with Gasteiger partial charge in [0.15, 0.2) is 8.32 Å². The molecule has 0 N–H and O–H groups in total. The van der Waals surface area contributed by atoms with E-state index in [9.17, 15) is 9.59 Å². The molecule has 2 amide bonds. The van der Waals surface area contributed by atoms with Crippen LogP contribution in [0.2, 0.25) is 19.6 Å². The zero-order valence-corrected chi connectivity index (χ0v) is 16.0. The molecule has 6 heteroatoms. The molecule has 0 aromatic heterocycles. The molecule has 0 saturated heterocycles. The number of imide groups is 1. The fraction of sp³-hybridized carbons (Fsp3) is 0.750. The van der Waals surface area contributed by atoms with E-state index in [2.05, 4.69) is 19.6 Å². The van der Waals surface area contributed by atoms with E-state index in [4.69, 9.17) is 9.16 Å². The van der Waals surface area contributed by atoms with Crippen LogP contribution in [-0.4, -0.2) is 43.0 Å². The van der Waals surface area contributed by atoms with E-state index in [0.29, 0.717) is 0 Å². The van der Waals surface area contributed by atoms with E-state index in [1.165, 1.54) is 11.0 Å². The summed E-state index contributed by atoms with van der Waals surface area (Å²) in [5.74, 6) is -0.165. The molecular weight excluding hydrogens is 298 g/mol. The van der Waals surface area contributed by atoms with Gasteiger partial charge in [0.25, 0.3) is 5.91 Å². The van der Waals surface area contributed by atoms with Crippen LogP contribution < -0.4 is 0 Å². The van der Waals surface area contributed by atoms with Gasteiger partial charge in [0, 0.05) is 6.08 Å². The SMILES string of the molecule is CC(C)[C@H](O[Si](C)(C)C)[C@H]1C=CC(=O)N1C(=O)OC(C)(C)C. The number of amides is 2. The zero-order valence-electron chi connectivity index (χ0n) is 15.0. The Balaban J connectivity index is 3.01. The van der Waals surface area contributed by atoms with Gasteiger partial charge in [-0.05, 0) is 46.3 Å². The highest BCUT2D eigenvalue weighted by Crippen LogP contribution is 2.27. The largest absolute Gasteiger partial charge is 0.443 e. The van der Waals surface area contributed by atoms with Crippen LogP contribution in [0.1, 0.15) is 34.6 Å². The van der Waals surface area contributed by atoms with Crippen molar-refractivity contribution in [3.05, 3.63) is 12.2 Å². The molecule has 0 aliphatic carbocycles. The Labute approximate surface area is 134 Å². The molecule has 126 valence electrons. The van der Waals surface area contributed by atoms with Gasteiger partial charge in [-0.1, -0.05) is 19.9 Å². The lowest BCUT2D eigenvalue weighted by Gasteiger charge is -2.37. The van der Waals surface area contributed by atoms with Gasteiger partial charge in [-0.3, -0.25) is 4.79 Å². The summed E-state index contributed by atoms with van der Waals surface area (Å²) in [6.45, 7) is 15.7. The maximum atomic E-state index is 12.4. The Morgan fingerprint density at radius 3 is 2.23 bits per heavy atom. The van der Waals surface area contributed by atoms with Crippen molar-refractivity contribution in [3.8, 4) is 0 Å². The Kier molecular flexibility index (Phi) is 5.62. The van der Waals surface area contributed by atoms with E-state index in [0.717, 1.165) is 0 Å². The lowest BCUT2D eigenvalue weighted by molar-refractivity contribution is -0.127. The van der Waals surface area contributed by atoms with Crippen LogP contribution in [0.3, 0.4) is 0 Å². The normalized spacial score (nSPS) is 20.7. The molecule has 5 nitrogen and oxygen atoms in total. The number of carbonyl (C=O) groups is 2. The third-order valence-electron chi connectivity index (χ3n) is 3.05. The highest BCUT2D eigenvalue weighted by atomic mass is 28.4. The number of nitrogens with zero attached hydrogens (tertiary/aromatic N) is 1. The molecule has 0 saturated carbocycles. The van der Waals surface area contributed by atoms with E-state index >= 15 is 0 Å². The Morgan fingerprint density at radius 2 is 1.82 bits per heavy atom. The lowest BCUT2D eigenvalue weighted by atomic mass is 10.00. The van der Waals surface area contributed by atoms with Crippen LogP contribution in [0.5, 0.6) is 0 Å². The maximum absolute atomic E-state index is 12.4. The molecule has 0 aromatic rings.